The standard InChI is InChI=1S/C25H35N3O2Si/c1-25(2,3)31(22-10-6-4-7-11-22,23-12-8-5-9-13-23)30-19-21-15-17-28-16-14-20(18-29)26-24(28)27-21/h4-13,20-21,29H,14-19H2,1-3H3,(H,26,27)/t20-,21-/m0/s1. The van der Waals surface area contributed by atoms with E-state index >= 15 is 0 Å². The van der Waals surface area contributed by atoms with E-state index in [1.807, 2.05) is 0 Å². The largest absolute Gasteiger partial charge is 0.405 e. The highest BCUT2D eigenvalue weighted by molar-refractivity contribution is 6.99. The number of hydrogen-bond acceptors (Lipinski definition) is 5. The molecule has 2 atom stereocenters. The van der Waals surface area contributed by atoms with Gasteiger partial charge < -0.3 is 19.7 Å². The third-order valence-corrected chi connectivity index (χ3v) is 11.6. The Morgan fingerprint density at radius 2 is 1.58 bits per heavy atom. The molecular formula is C25H35N3O2Si. The molecule has 5 nitrogen and oxygen atoms in total. The van der Waals surface area contributed by atoms with Gasteiger partial charge in [-0.2, -0.15) is 0 Å². The van der Waals surface area contributed by atoms with Crippen molar-refractivity contribution >= 4 is 24.7 Å². The molecule has 2 aromatic carbocycles. The molecule has 0 aliphatic carbocycles. The summed E-state index contributed by atoms with van der Waals surface area (Å²) in [5, 5.41) is 15.7. The van der Waals surface area contributed by atoms with Crippen LogP contribution < -0.4 is 15.7 Å². The molecule has 166 valence electrons. The Morgan fingerprint density at radius 1 is 1.00 bits per heavy atom. The van der Waals surface area contributed by atoms with Gasteiger partial charge >= 0.3 is 0 Å². The lowest BCUT2D eigenvalue weighted by molar-refractivity contribution is 0.200. The Bertz CT molecular complexity index is 843. The minimum absolute atomic E-state index is 0.00935. The maximum atomic E-state index is 9.53. The smallest absolute Gasteiger partial charge is 0.261 e. The summed E-state index contributed by atoms with van der Waals surface area (Å²) in [7, 11) is -2.53. The predicted octanol–water partition coefficient (Wildman–Crippen LogP) is 2.35. The number of fused-ring (bicyclic) bond motifs is 1. The third-order valence-electron chi connectivity index (χ3n) is 6.55. The van der Waals surface area contributed by atoms with Gasteiger partial charge in [0.2, 0.25) is 0 Å². The maximum absolute atomic E-state index is 9.53. The lowest BCUT2D eigenvalue weighted by Crippen LogP contribution is -2.68. The first-order chi connectivity index (χ1) is 14.9. The molecule has 2 aliphatic heterocycles. The second kappa shape index (κ2) is 9.15. The zero-order valence-corrected chi connectivity index (χ0v) is 19.9. The molecule has 0 spiro atoms. The highest BCUT2D eigenvalue weighted by Crippen LogP contribution is 2.37. The van der Waals surface area contributed by atoms with Crippen LogP contribution in [0.2, 0.25) is 5.04 Å². The second-order valence-corrected chi connectivity index (χ2v) is 14.0. The number of rotatable bonds is 6. The van der Waals surface area contributed by atoms with E-state index in [2.05, 4.69) is 91.7 Å². The monoisotopic (exact) mass is 437 g/mol. The highest BCUT2D eigenvalue weighted by Gasteiger charge is 2.50. The van der Waals surface area contributed by atoms with Crippen LogP contribution in [0.3, 0.4) is 0 Å². The predicted molar refractivity (Wildman–Crippen MR) is 130 cm³/mol. The lowest BCUT2D eigenvalue weighted by atomic mass is 10.1. The van der Waals surface area contributed by atoms with Crippen LogP contribution in [0.25, 0.3) is 0 Å². The van der Waals surface area contributed by atoms with Crippen molar-refractivity contribution in [1.82, 2.24) is 10.2 Å². The van der Waals surface area contributed by atoms with Crippen LogP contribution in [-0.4, -0.2) is 62.7 Å². The summed E-state index contributed by atoms with van der Waals surface area (Å²) >= 11 is 0. The summed E-state index contributed by atoms with van der Waals surface area (Å²) in [6.45, 7) is 9.63. The Morgan fingerprint density at radius 3 is 2.13 bits per heavy atom. The van der Waals surface area contributed by atoms with E-state index in [0.717, 1.165) is 31.9 Å². The van der Waals surface area contributed by atoms with E-state index in [-0.39, 0.29) is 23.7 Å². The summed E-state index contributed by atoms with van der Waals surface area (Å²) in [6.07, 6.45) is 1.95. The number of hydrogen-bond donors (Lipinski definition) is 2. The molecule has 0 unspecified atom stereocenters. The molecule has 0 saturated carbocycles. The number of nitrogens with one attached hydrogen (secondary N) is 1. The quantitative estimate of drug-likeness (QED) is 0.681. The molecule has 2 aromatic rings. The van der Waals surface area contributed by atoms with Crippen LogP contribution in [0.5, 0.6) is 0 Å². The van der Waals surface area contributed by atoms with E-state index < -0.39 is 8.32 Å². The van der Waals surface area contributed by atoms with E-state index in [1.54, 1.807) is 0 Å². The fourth-order valence-electron chi connectivity index (χ4n) is 4.89. The van der Waals surface area contributed by atoms with Crippen molar-refractivity contribution in [1.29, 1.82) is 0 Å². The number of aliphatic imine (C=N–C) groups is 1. The first kappa shape index (κ1) is 22.1. The van der Waals surface area contributed by atoms with Crippen LogP contribution in [-0.2, 0) is 4.43 Å². The summed E-state index contributed by atoms with van der Waals surface area (Å²) in [4.78, 5) is 7.02. The van der Waals surface area contributed by atoms with Crippen molar-refractivity contribution in [3.63, 3.8) is 0 Å². The van der Waals surface area contributed by atoms with Crippen molar-refractivity contribution in [3.05, 3.63) is 60.7 Å². The molecule has 6 heteroatoms. The second-order valence-electron chi connectivity index (χ2n) is 9.67. The molecular weight excluding hydrogens is 402 g/mol. The molecule has 2 aliphatic rings. The molecule has 0 amide bonds. The third kappa shape index (κ3) is 4.42. The Labute approximate surface area is 187 Å². The molecule has 0 radical (unpaired) electrons. The van der Waals surface area contributed by atoms with Gasteiger partial charge in [-0.1, -0.05) is 81.4 Å². The van der Waals surface area contributed by atoms with E-state index in [0.29, 0.717) is 6.61 Å². The number of guanidine groups is 1. The Hall–Kier alpha value is -2.15. The van der Waals surface area contributed by atoms with Crippen LogP contribution in [0.15, 0.2) is 65.7 Å². The van der Waals surface area contributed by atoms with Gasteiger partial charge in [-0.05, 0) is 28.3 Å². The molecule has 0 bridgehead atoms. The Kier molecular flexibility index (Phi) is 6.51. The number of nitrogens with zero attached hydrogens (tertiary/aromatic N) is 2. The summed E-state index contributed by atoms with van der Waals surface area (Å²) in [5.74, 6) is 0.924. The van der Waals surface area contributed by atoms with Gasteiger partial charge in [-0.25, -0.2) is 4.99 Å². The average molecular weight is 438 g/mol. The molecule has 2 heterocycles. The van der Waals surface area contributed by atoms with Crippen molar-refractivity contribution < 1.29 is 9.53 Å². The molecule has 1 fully saturated rings. The molecule has 2 N–H and O–H groups in total. The van der Waals surface area contributed by atoms with Crippen LogP contribution >= 0.6 is 0 Å². The number of aliphatic hydroxyl groups excluding tert-OH is 1. The highest BCUT2D eigenvalue weighted by atomic mass is 28.4. The zero-order valence-electron chi connectivity index (χ0n) is 18.9. The number of aliphatic hydroxyl groups is 1. The first-order valence-electron chi connectivity index (χ1n) is 11.4. The first-order valence-corrected chi connectivity index (χ1v) is 13.3. The van der Waals surface area contributed by atoms with Gasteiger partial charge in [0.05, 0.1) is 25.3 Å². The molecule has 4 rings (SSSR count). The van der Waals surface area contributed by atoms with Gasteiger partial charge in [-0.15, -0.1) is 0 Å². The van der Waals surface area contributed by atoms with Crippen LogP contribution in [0.4, 0.5) is 0 Å². The van der Waals surface area contributed by atoms with E-state index in [4.69, 9.17) is 9.42 Å². The van der Waals surface area contributed by atoms with Crippen molar-refractivity contribution in [3.8, 4) is 0 Å². The van der Waals surface area contributed by atoms with Gasteiger partial charge in [0.25, 0.3) is 8.32 Å². The van der Waals surface area contributed by atoms with E-state index in [1.165, 1.54) is 10.4 Å². The van der Waals surface area contributed by atoms with Crippen molar-refractivity contribution in [2.45, 2.75) is 50.7 Å². The van der Waals surface area contributed by atoms with E-state index in [9.17, 15) is 5.11 Å². The fraction of sp³-hybridized carbons (Fsp3) is 0.480. The maximum Gasteiger partial charge on any atom is 0.261 e. The number of benzene rings is 2. The minimum atomic E-state index is -2.53. The molecule has 0 aromatic heterocycles. The van der Waals surface area contributed by atoms with Gasteiger partial charge in [0.15, 0.2) is 5.96 Å². The molecule has 31 heavy (non-hydrogen) atoms. The molecule has 1 saturated heterocycles. The summed E-state index contributed by atoms with van der Waals surface area (Å²) in [5.41, 5.74) is 0. The summed E-state index contributed by atoms with van der Waals surface area (Å²) < 4.78 is 7.09. The van der Waals surface area contributed by atoms with Crippen molar-refractivity contribution in [2.24, 2.45) is 4.99 Å². The minimum Gasteiger partial charge on any atom is -0.405 e. The normalized spacial score (nSPS) is 21.8. The topological polar surface area (TPSA) is 57.1 Å². The van der Waals surface area contributed by atoms with Gasteiger partial charge in [0, 0.05) is 13.1 Å². The average Bonchev–Trinajstić information content (AvgIpc) is 2.79. The zero-order chi connectivity index (χ0) is 21.9. The van der Waals surface area contributed by atoms with Gasteiger partial charge in [-0.3, -0.25) is 0 Å². The van der Waals surface area contributed by atoms with Gasteiger partial charge in [0.1, 0.15) is 0 Å². The van der Waals surface area contributed by atoms with Crippen LogP contribution in [0.1, 0.15) is 33.6 Å². The summed E-state index contributed by atoms with van der Waals surface area (Å²) in [6, 6.07) is 21.8. The van der Waals surface area contributed by atoms with Crippen molar-refractivity contribution in [2.75, 3.05) is 26.3 Å². The van der Waals surface area contributed by atoms with Crippen LogP contribution in [0, 0.1) is 0 Å². The fourth-order valence-corrected chi connectivity index (χ4v) is 9.49. The SMILES string of the molecule is CC(C)(C)[Si](OC[C@@H]1CCN2CC[C@@H](CO)N=C2N1)(c1ccccc1)c1ccccc1. The Balaban J connectivity index is 1.62. The lowest BCUT2D eigenvalue weighted by Gasteiger charge is -2.45.